The zero-order valence-electron chi connectivity index (χ0n) is 8.62. The van der Waals surface area contributed by atoms with Crippen molar-refractivity contribution in [1.29, 1.82) is 0 Å². The summed E-state index contributed by atoms with van der Waals surface area (Å²) < 4.78 is 0. The van der Waals surface area contributed by atoms with Crippen LogP contribution in [0.3, 0.4) is 0 Å². The van der Waals surface area contributed by atoms with Gasteiger partial charge in [0.25, 0.3) is 0 Å². The van der Waals surface area contributed by atoms with E-state index in [0.29, 0.717) is 0 Å². The first kappa shape index (κ1) is 10.5. The van der Waals surface area contributed by atoms with Crippen LogP contribution in [0.25, 0.3) is 0 Å². The van der Waals surface area contributed by atoms with Crippen LogP contribution in [0.15, 0.2) is 0 Å². The Bertz CT molecular complexity index is 174. The maximum atomic E-state index is 11.6. The van der Waals surface area contributed by atoms with Gasteiger partial charge in [-0.15, -0.1) is 0 Å². The van der Waals surface area contributed by atoms with E-state index in [9.17, 15) is 4.79 Å². The Morgan fingerprint density at radius 1 is 1.54 bits per heavy atom. The van der Waals surface area contributed by atoms with E-state index < -0.39 is 0 Å². The normalized spacial score (nSPS) is 21.6. The molecule has 0 radical (unpaired) electrons. The summed E-state index contributed by atoms with van der Waals surface area (Å²) in [5, 5.41) is 0. The molecule has 3 nitrogen and oxygen atoms in total. The van der Waals surface area contributed by atoms with E-state index >= 15 is 0 Å². The fraction of sp³-hybridized carbons (Fsp3) is 0.900. The molecular formula is C10H20N2O. The number of hydrogen-bond donors (Lipinski definition) is 1. The lowest BCUT2D eigenvalue weighted by Crippen LogP contribution is -2.46. The van der Waals surface area contributed by atoms with Gasteiger partial charge in [-0.1, -0.05) is 13.8 Å². The van der Waals surface area contributed by atoms with Gasteiger partial charge in [-0.3, -0.25) is 4.79 Å². The van der Waals surface area contributed by atoms with Gasteiger partial charge >= 0.3 is 0 Å². The van der Waals surface area contributed by atoms with Gasteiger partial charge in [0, 0.05) is 13.1 Å². The van der Waals surface area contributed by atoms with E-state index in [-0.39, 0.29) is 11.9 Å². The monoisotopic (exact) mass is 184 g/mol. The molecule has 76 valence electrons. The maximum absolute atomic E-state index is 11.6. The second kappa shape index (κ2) is 4.61. The van der Waals surface area contributed by atoms with Crippen molar-refractivity contribution in [2.45, 2.75) is 39.2 Å². The van der Waals surface area contributed by atoms with Crippen LogP contribution in [0.1, 0.15) is 33.1 Å². The molecule has 3 heteroatoms. The molecule has 0 aromatic heterocycles. The molecule has 2 N–H and O–H groups in total. The number of carbonyl (C=O) groups excluding carboxylic acids is 1. The van der Waals surface area contributed by atoms with Gasteiger partial charge in [0.15, 0.2) is 0 Å². The maximum Gasteiger partial charge on any atom is 0.239 e. The molecule has 0 aliphatic carbocycles. The molecule has 1 rings (SSSR count). The smallest absolute Gasteiger partial charge is 0.239 e. The van der Waals surface area contributed by atoms with Crippen LogP contribution in [-0.2, 0) is 4.79 Å². The Morgan fingerprint density at radius 3 is 2.54 bits per heavy atom. The molecule has 1 saturated heterocycles. The Balaban J connectivity index is 2.40. The Kier molecular flexibility index (Phi) is 3.72. The Morgan fingerprint density at radius 2 is 2.08 bits per heavy atom. The summed E-state index contributed by atoms with van der Waals surface area (Å²) in [6.45, 7) is 5.98. The molecule has 1 amide bonds. The van der Waals surface area contributed by atoms with Gasteiger partial charge in [-0.05, 0) is 25.2 Å². The predicted octanol–water partition coefficient (Wildman–Crippen LogP) is 0.982. The highest BCUT2D eigenvalue weighted by Crippen LogP contribution is 2.16. The lowest BCUT2D eigenvalue weighted by atomic mass is 9.98. The molecule has 1 heterocycles. The summed E-state index contributed by atoms with van der Waals surface area (Å²) in [5.41, 5.74) is 5.69. The first-order valence-electron chi connectivity index (χ1n) is 5.19. The van der Waals surface area contributed by atoms with Gasteiger partial charge in [0.2, 0.25) is 5.91 Å². The fourth-order valence-electron chi connectivity index (χ4n) is 1.64. The molecule has 0 aromatic rings. The summed E-state index contributed by atoms with van der Waals surface area (Å²) in [6, 6.07) is -0.284. The van der Waals surface area contributed by atoms with Crippen LogP contribution in [-0.4, -0.2) is 29.9 Å². The van der Waals surface area contributed by atoms with Gasteiger partial charge in [0.1, 0.15) is 0 Å². The molecule has 1 atom stereocenters. The number of carbonyl (C=O) groups is 1. The molecule has 0 aromatic carbocycles. The third-order valence-electron chi connectivity index (χ3n) is 2.85. The molecular weight excluding hydrogens is 164 g/mol. The highest BCUT2D eigenvalue weighted by Gasteiger charge is 2.23. The molecule has 0 saturated carbocycles. The van der Waals surface area contributed by atoms with Crippen molar-refractivity contribution in [3.63, 3.8) is 0 Å². The summed E-state index contributed by atoms with van der Waals surface area (Å²) >= 11 is 0. The van der Waals surface area contributed by atoms with Crippen molar-refractivity contribution < 1.29 is 4.79 Å². The lowest BCUT2D eigenvalue weighted by Gasteiger charge is -2.31. The zero-order valence-corrected chi connectivity index (χ0v) is 8.62. The van der Waals surface area contributed by atoms with E-state index in [1.807, 2.05) is 11.8 Å². The third-order valence-corrected chi connectivity index (χ3v) is 2.85. The number of hydrogen-bond acceptors (Lipinski definition) is 2. The Labute approximate surface area is 80.3 Å². The number of amides is 1. The molecule has 1 fully saturated rings. The molecule has 0 unspecified atom stereocenters. The van der Waals surface area contributed by atoms with Gasteiger partial charge in [-0.2, -0.15) is 0 Å². The number of nitrogens with two attached hydrogens (primary N) is 1. The first-order chi connectivity index (χ1) is 6.15. The van der Waals surface area contributed by atoms with Crippen LogP contribution < -0.4 is 5.73 Å². The highest BCUT2D eigenvalue weighted by molar-refractivity contribution is 5.81. The highest BCUT2D eigenvalue weighted by atomic mass is 16.2. The Hall–Kier alpha value is -0.570. The van der Waals surface area contributed by atoms with E-state index in [1.165, 1.54) is 0 Å². The quantitative estimate of drug-likeness (QED) is 0.695. The second-order valence-corrected chi connectivity index (χ2v) is 4.02. The van der Waals surface area contributed by atoms with Crippen molar-refractivity contribution in [2.75, 3.05) is 13.1 Å². The van der Waals surface area contributed by atoms with Gasteiger partial charge < -0.3 is 10.6 Å². The summed E-state index contributed by atoms with van der Waals surface area (Å²) in [6.07, 6.45) is 3.00. The minimum Gasteiger partial charge on any atom is -0.341 e. The summed E-state index contributed by atoms with van der Waals surface area (Å²) in [7, 11) is 0. The van der Waals surface area contributed by atoms with Gasteiger partial charge in [-0.25, -0.2) is 0 Å². The fourth-order valence-corrected chi connectivity index (χ4v) is 1.64. The van der Waals surface area contributed by atoms with Crippen LogP contribution in [0.4, 0.5) is 0 Å². The number of piperidine rings is 1. The molecule has 0 spiro atoms. The van der Waals surface area contributed by atoms with Crippen molar-refractivity contribution in [3.05, 3.63) is 0 Å². The average molecular weight is 184 g/mol. The second-order valence-electron chi connectivity index (χ2n) is 4.02. The number of nitrogens with zero attached hydrogens (tertiary/aromatic N) is 1. The van der Waals surface area contributed by atoms with E-state index in [4.69, 9.17) is 5.73 Å². The molecule has 13 heavy (non-hydrogen) atoms. The predicted molar refractivity (Wildman–Crippen MR) is 53.2 cm³/mol. The number of rotatable bonds is 2. The SMILES string of the molecule is CC[C@H](N)C(=O)N1CCC(C)CC1. The molecule has 1 aliphatic rings. The largest absolute Gasteiger partial charge is 0.341 e. The lowest BCUT2D eigenvalue weighted by molar-refractivity contribution is -0.133. The van der Waals surface area contributed by atoms with Crippen molar-refractivity contribution in [1.82, 2.24) is 4.90 Å². The van der Waals surface area contributed by atoms with Crippen LogP contribution in [0.2, 0.25) is 0 Å². The van der Waals surface area contributed by atoms with Crippen molar-refractivity contribution >= 4 is 5.91 Å². The standard InChI is InChI=1S/C10H20N2O/c1-3-9(11)10(13)12-6-4-8(2)5-7-12/h8-9H,3-7,11H2,1-2H3/t9-/m0/s1. The third kappa shape index (κ3) is 2.69. The van der Waals surface area contributed by atoms with E-state index in [2.05, 4.69) is 6.92 Å². The van der Waals surface area contributed by atoms with Crippen molar-refractivity contribution in [3.8, 4) is 0 Å². The summed E-state index contributed by atoms with van der Waals surface area (Å²) in [4.78, 5) is 13.5. The molecule has 1 aliphatic heterocycles. The number of likely N-dealkylation sites (tertiary alicyclic amines) is 1. The summed E-state index contributed by atoms with van der Waals surface area (Å²) in [5.74, 6) is 0.899. The van der Waals surface area contributed by atoms with E-state index in [1.54, 1.807) is 0 Å². The zero-order chi connectivity index (χ0) is 9.84. The topological polar surface area (TPSA) is 46.3 Å². The van der Waals surface area contributed by atoms with Crippen LogP contribution in [0, 0.1) is 5.92 Å². The van der Waals surface area contributed by atoms with Crippen LogP contribution >= 0.6 is 0 Å². The first-order valence-corrected chi connectivity index (χ1v) is 5.19. The average Bonchev–Trinajstić information content (AvgIpc) is 2.17. The minimum atomic E-state index is -0.284. The van der Waals surface area contributed by atoms with Crippen molar-refractivity contribution in [2.24, 2.45) is 11.7 Å². The molecule has 0 bridgehead atoms. The van der Waals surface area contributed by atoms with Crippen LogP contribution in [0.5, 0.6) is 0 Å². The van der Waals surface area contributed by atoms with Gasteiger partial charge in [0.05, 0.1) is 6.04 Å². The van der Waals surface area contributed by atoms with E-state index in [0.717, 1.165) is 38.3 Å². The minimum absolute atomic E-state index is 0.134.